The quantitative estimate of drug-likeness (QED) is 0.307. The maximum atomic E-state index is 14.1. The molecule has 1 aliphatic rings. The number of ether oxygens (including phenoxy) is 1. The van der Waals surface area contributed by atoms with E-state index in [9.17, 15) is 9.18 Å². The summed E-state index contributed by atoms with van der Waals surface area (Å²) < 4.78 is 19.6. The minimum atomic E-state index is -0.466. The Bertz CT molecular complexity index is 1040. The Morgan fingerprint density at radius 2 is 1.77 bits per heavy atom. The van der Waals surface area contributed by atoms with Crippen LogP contribution in [0.25, 0.3) is 10.8 Å². The van der Waals surface area contributed by atoms with Gasteiger partial charge in [0.25, 0.3) is 0 Å². The van der Waals surface area contributed by atoms with Crippen LogP contribution in [0.2, 0.25) is 5.02 Å². The lowest BCUT2D eigenvalue weighted by Crippen LogP contribution is -2.13. The fraction of sp³-hybridized carbons (Fsp3) is 0.346. The van der Waals surface area contributed by atoms with E-state index in [2.05, 4.69) is 19.1 Å². The highest BCUT2D eigenvalue weighted by atomic mass is 35.5. The van der Waals surface area contributed by atoms with E-state index in [4.69, 9.17) is 16.3 Å². The third-order valence-corrected chi connectivity index (χ3v) is 6.54. The molecule has 0 aliphatic heterocycles. The van der Waals surface area contributed by atoms with Crippen molar-refractivity contribution < 1.29 is 13.9 Å². The largest absolute Gasteiger partial charge is 0.423 e. The van der Waals surface area contributed by atoms with Gasteiger partial charge in [0.05, 0.1) is 10.6 Å². The molecule has 0 radical (unpaired) electrons. The summed E-state index contributed by atoms with van der Waals surface area (Å²) in [4.78, 5) is 12.6. The molecule has 0 amide bonds. The number of hydrogen-bond acceptors (Lipinski definition) is 2. The maximum Gasteiger partial charge on any atom is 0.343 e. The van der Waals surface area contributed by atoms with E-state index >= 15 is 0 Å². The minimum absolute atomic E-state index is 0.0752. The van der Waals surface area contributed by atoms with Crippen LogP contribution in [0.4, 0.5) is 4.39 Å². The number of carbonyl (C=O) groups is 1. The van der Waals surface area contributed by atoms with Crippen molar-refractivity contribution in [2.75, 3.05) is 0 Å². The molecular weight excluding hydrogens is 399 g/mol. The Kier molecular flexibility index (Phi) is 6.38. The molecule has 0 unspecified atom stereocenters. The molecule has 0 N–H and O–H groups in total. The summed E-state index contributed by atoms with van der Waals surface area (Å²) in [5.74, 6) is 0.971. The average molecular weight is 425 g/mol. The summed E-state index contributed by atoms with van der Waals surface area (Å²) in [7, 11) is 0. The van der Waals surface area contributed by atoms with Crippen LogP contribution in [-0.4, -0.2) is 5.97 Å². The molecule has 2 nitrogen and oxygen atoms in total. The molecule has 0 heterocycles. The van der Waals surface area contributed by atoms with Crippen molar-refractivity contribution in [2.45, 2.75) is 51.4 Å². The van der Waals surface area contributed by atoms with Crippen molar-refractivity contribution in [3.8, 4) is 5.75 Å². The van der Waals surface area contributed by atoms with E-state index in [-0.39, 0.29) is 5.02 Å². The van der Waals surface area contributed by atoms with E-state index in [1.54, 1.807) is 24.3 Å². The van der Waals surface area contributed by atoms with Gasteiger partial charge in [-0.05, 0) is 84.9 Å². The topological polar surface area (TPSA) is 26.3 Å². The van der Waals surface area contributed by atoms with Gasteiger partial charge < -0.3 is 4.74 Å². The third-order valence-electron chi connectivity index (χ3n) is 6.25. The van der Waals surface area contributed by atoms with Gasteiger partial charge in [-0.2, -0.15) is 0 Å². The van der Waals surface area contributed by atoms with Crippen molar-refractivity contribution in [1.82, 2.24) is 0 Å². The van der Waals surface area contributed by atoms with Crippen LogP contribution in [0.1, 0.15) is 67.3 Å². The van der Waals surface area contributed by atoms with E-state index in [0.717, 1.165) is 5.92 Å². The molecule has 0 atom stereocenters. The summed E-state index contributed by atoms with van der Waals surface area (Å²) in [5, 5.41) is 1.11. The summed E-state index contributed by atoms with van der Waals surface area (Å²) in [6.07, 6.45) is 7.67. The number of esters is 1. The predicted octanol–water partition coefficient (Wildman–Crippen LogP) is 7.93. The lowest BCUT2D eigenvalue weighted by molar-refractivity contribution is 0.0735. The molecule has 156 valence electrons. The fourth-order valence-corrected chi connectivity index (χ4v) is 4.72. The van der Waals surface area contributed by atoms with Gasteiger partial charge >= 0.3 is 5.97 Å². The lowest BCUT2D eigenvalue weighted by atomic mass is 9.77. The molecule has 30 heavy (non-hydrogen) atoms. The van der Waals surface area contributed by atoms with Crippen LogP contribution in [0, 0.1) is 11.7 Å². The average Bonchev–Trinajstić information content (AvgIpc) is 2.77. The van der Waals surface area contributed by atoms with Gasteiger partial charge in [0.1, 0.15) is 11.6 Å². The Morgan fingerprint density at radius 1 is 1.03 bits per heavy atom. The van der Waals surface area contributed by atoms with Crippen molar-refractivity contribution >= 4 is 28.3 Å². The first-order chi connectivity index (χ1) is 14.5. The SMILES string of the molecule is CCCC1CCC(c2ccc(C(=O)Oc3ccc4c(F)c(Cl)ccc4c3)cc2)CC1. The van der Waals surface area contributed by atoms with E-state index in [0.29, 0.717) is 28.0 Å². The molecular formula is C26H26ClFO2. The summed E-state index contributed by atoms with van der Waals surface area (Å²) >= 11 is 5.82. The Hall–Kier alpha value is -2.39. The highest BCUT2D eigenvalue weighted by Gasteiger charge is 2.22. The lowest BCUT2D eigenvalue weighted by Gasteiger charge is -2.28. The first-order valence-corrected chi connectivity index (χ1v) is 11.1. The molecule has 3 aromatic rings. The van der Waals surface area contributed by atoms with Gasteiger partial charge in [-0.1, -0.05) is 49.6 Å². The molecule has 0 spiro atoms. The Balaban J connectivity index is 1.42. The molecule has 3 aromatic carbocycles. The number of fused-ring (bicyclic) bond motifs is 1. The van der Waals surface area contributed by atoms with Gasteiger partial charge in [0.2, 0.25) is 0 Å². The highest BCUT2D eigenvalue weighted by Crippen LogP contribution is 2.37. The highest BCUT2D eigenvalue weighted by molar-refractivity contribution is 6.31. The molecule has 1 saturated carbocycles. The van der Waals surface area contributed by atoms with E-state index < -0.39 is 11.8 Å². The third kappa shape index (κ3) is 4.52. The van der Waals surface area contributed by atoms with Crippen LogP contribution in [0.15, 0.2) is 54.6 Å². The molecule has 1 fully saturated rings. The van der Waals surface area contributed by atoms with Crippen molar-refractivity contribution in [2.24, 2.45) is 5.92 Å². The zero-order valence-electron chi connectivity index (χ0n) is 17.2. The second-order valence-corrected chi connectivity index (χ2v) is 8.67. The van der Waals surface area contributed by atoms with Crippen molar-refractivity contribution in [3.63, 3.8) is 0 Å². The van der Waals surface area contributed by atoms with Gasteiger partial charge in [0, 0.05) is 5.39 Å². The van der Waals surface area contributed by atoms with E-state index in [1.165, 1.54) is 50.2 Å². The van der Waals surface area contributed by atoms with Crippen LogP contribution < -0.4 is 4.74 Å². The predicted molar refractivity (Wildman–Crippen MR) is 120 cm³/mol. The minimum Gasteiger partial charge on any atom is -0.423 e. The smallest absolute Gasteiger partial charge is 0.343 e. The van der Waals surface area contributed by atoms with Crippen LogP contribution in [0.3, 0.4) is 0 Å². The number of rotatable bonds is 5. The number of halogens is 2. The summed E-state index contributed by atoms with van der Waals surface area (Å²) in [6, 6.07) is 15.8. The first-order valence-electron chi connectivity index (χ1n) is 10.7. The van der Waals surface area contributed by atoms with Crippen molar-refractivity contribution in [3.05, 3.63) is 76.6 Å². The normalized spacial score (nSPS) is 19.0. The van der Waals surface area contributed by atoms with Gasteiger partial charge in [-0.25, -0.2) is 9.18 Å². The number of benzene rings is 3. The standard InChI is InChI=1S/C26H26ClFO2/c1-2-3-17-4-6-18(7-5-17)19-8-10-20(11-9-19)26(29)30-22-13-14-23-21(16-22)12-15-24(27)25(23)28/h8-18H,2-7H2,1H3. The van der Waals surface area contributed by atoms with Crippen LogP contribution in [-0.2, 0) is 0 Å². The molecule has 1 aliphatic carbocycles. The van der Waals surface area contributed by atoms with Gasteiger partial charge in [0.15, 0.2) is 0 Å². The first kappa shape index (κ1) is 20.9. The fourth-order valence-electron chi connectivity index (χ4n) is 4.56. The summed E-state index contributed by atoms with van der Waals surface area (Å²) in [5.41, 5.74) is 1.82. The Labute approximate surface area is 182 Å². The number of hydrogen-bond donors (Lipinski definition) is 0. The van der Waals surface area contributed by atoms with Crippen LogP contribution >= 0.6 is 11.6 Å². The molecule has 0 saturated heterocycles. The zero-order chi connectivity index (χ0) is 21.1. The molecule has 4 rings (SSSR count). The summed E-state index contributed by atoms with van der Waals surface area (Å²) in [6.45, 7) is 2.26. The number of carbonyl (C=O) groups excluding carboxylic acids is 1. The van der Waals surface area contributed by atoms with Gasteiger partial charge in [-0.15, -0.1) is 0 Å². The van der Waals surface area contributed by atoms with Crippen LogP contribution in [0.5, 0.6) is 5.75 Å². The van der Waals surface area contributed by atoms with E-state index in [1.807, 2.05) is 12.1 Å². The maximum absolute atomic E-state index is 14.1. The van der Waals surface area contributed by atoms with Gasteiger partial charge in [-0.3, -0.25) is 0 Å². The Morgan fingerprint density at radius 3 is 2.47 bits per heavy atom. The second-order valence-electron chi connectivity index (χ2n) is 8.26. The monoisotopic (exact) mass is 424 g/mol. The molecule has 0 aromatic heterocycles. The molecule has 0 bridgehead atoms. The zero-order valence-corrected chi connectivity index (χ0v) is 17.9. The molecule has 4 heteroatoms. The second kappa shape index (κ2) is 9.18. The van der Waals surface area contributed by atoms with Crippen molar-refractivity contribution in [1.29, 1.82) is 0 Å².